The van der Waals surface area contributed by atoms with Gasteiger partial charge in [0.05, 0.1) is 0 Å². The summed E-state index contributed by atoms with van der Waals surface area (Å²) in [5.41, 5.74) is 2.47. The molecule has 0 spiro atoms. The molecule has 156 valence electrons. The van der Waals surface area contributed by atoms with Gasteiger partial charge >= 0.3 is 0 Å². The number of aromatic amines is 1. The highest BCUT2D eigenvalue weighted by Gasteiger charge is 2.27. The molecule has 0 bridgehead atoms. The molecule has 0 saturated carbocycles. The number of H-pyrrole nitrogens is 1. The van der Waals surface area contributed by atoms with Crippen LogP contribution in [-0.2, 0) is 11.3 Å². The summed E-state index contributed by atoms with van der Waals surface area (Å²) in [6, 6.07) is 10.2. The molecule has 2 amide bonds. The van der Waals surface area contributed by atoms with Gasteiger partial charge in [-0.1, -0.05) is 12.1 Å². The van der Waals surface area contributed by atoms with Gasteiger partial charge < -0.3 is 15.2 Å². The van der Waals surface area contributed by atoms with E-state index in [2.05, 4.69) is 15.3 Å². The van der Waals surface area contributed by atoms with Gasteiger partial charge in [0.25, 0.3) is 11.8 Å². The summed E-state index contributed by atoms with van der Waals surface area (Å²) in [6.45, 7) is 0.123. The first kappa shape index (κ1) is 20.0. The van der Waals surface area contributed by atoms with E-state index in [1.165, 1.54) is 6.07 Å². The van der Waals surface area contributed by atoms with Gasteiger partial charge in [0.15, 0.2) is 6.67 Å². The van der Waals surface area contributed by atoms with Crippen molar-refractivity contribution in [2.24, 2.45) is 0 Å². The Morgan fingerprint density at radius 1 is 1.20 bits per heavy atom. The summed E-state index contributed by atoms with van der Waals surface area (Å²) in [4.78, 5) is 33.0. The van der Waals surface area contributed by atoms with E-state index in [1.54, 1.807) is 29.3 Å². The summed E-state index contributed by atoms with van der Waals surface area (Å²) in [6.07, 6.45) is 2.95. The summed E-state index contributed by atoms with van der Waals surface area (Å²) < 4.78 is 26.7. The summed E-state index contributed by atoms with van der Waals surface area (Å²) >= 11 is 0. The lowest BCUT2D eigenvalue weighted by Gasteiger charge is -2.32. The second kappa shape index (κ2) is 8.61. The van der Waals surface area contributed by atoms with Crippen molar-refractivity contribution in [3.8, 4) is 0 Å². The number of hydrogen-bond acceptors (Lipinski definition) is 3. The SMILES string of the molecule is O=C(CF)NCc1ccc(F)c(C2CCN(C(=O)c3cc4cccnc4[nH]3)CC2)c1. The Morgan fingerprint density at radius 3 is 2.73 bits per heavy atom. The molecule has 30 heavy (non-hydrogen) atoms. The predicted molar refractivity (Wildman–Crippen MR) is 108 cm³/mol. The van der Waals surface area contributed by atoms with Crippen LogP contribution in [0.25, 0.3) is 11.0 Å². The van der Waals surface area contributed by atoms with Gasteiger partial charge in [0, 0.05) is 31.2 Å². The van der Waals surface area contributed by atoms with E-state index in [4.69, 9.17) is 0 Å². The van der Waals surface area contributed by atoms with Gasteiger partial charge in [0.1, 0.15) is 17.2 Å². The number of carbonyl (C=O) groups is 2. The Bertz CT molecular complexity index is 1040. The molecular weight excluding hydrogens is 390 g/mol. The number of nitrogens with one attached hydrogen (secondary N) is 2. The number of hydrogen-bond donors (Lipinski definition) is 2. The zero-order chi connectivity index (χ0) is 21.1. The van der Waals surface area contributed by atoms with E-state index in [-0.39, 0.29) is 24.2 Å². The second-order valence-corrected chi connectivity index (χ2v) is 7.46. The van der Waals surface area contributed by atoms with E-state index < -0.39 is 12.6 Å². The lowest BCUT2D eigenvalue weighted by molar-refractivity contribution is -0.122. The molecule has 1 aromatic carbocycles. The van der Waals surface area contributed by atoms with E-state index >= 15 is 0 Å². The number of halogens is 2. The van der Waals surface area contributed by atoms with Crippen LogP contribution < -0.4 is 5.32 Å². The molecular formula is C22H22F2N4O2. The van der Waals surface area contributed by atoms with E-state index in [0.29, 0.717) is 42.8 Å². The number of likely N-dealkylation sites (tertiary alicyclic amines) is 1. The van der Waals surface area contributed by atoms with E-state index in [1.807, 2.05) is 12.1 Å². The number of aromatic nitrogens is 2. The number of fused-ring (bicyclic) bond motifs is 1. The molecule has 4 rings (SSSR count). The minimum atomic E-state index is -1.08. The predicted octanol–water partition coefficient (Wildman–Crippen LogP) is 3.31. The molecule has 0 atom stereocenters. The van der Waals surface area contributed by atoms with Crippen molar-refractivity contribution in [2.45, 2.75) is 25.3 Å². The van der Waals surface area contributed by atoms with Crippen molar-refractivity contribution in [3.63, 3.8) is 0 Å². The number of benzene rings is 1. The normalized spacial score (nSPS) is 14.8. The number of pyridine rings is 1. The molecule has 0 unspecified atom stereocenters. The number of alkyl halides is 1. The van der Waals surface area contributed by atoms with Gasteiger partial charge in [0.2, 0.25) is 0 Å². The number of piperidine rings is 1. The molecule has 2 N–H and O–H groups in total. The highest BCUT2D eigenvalue weighted by atomic mass is 19.1. The Kier molecular flexibility index (Phi) is 5.74. The zero-order valence-electron chi connectivity index (χ0n) is 16.3. The van der Waals surface area contributed by atoms with E-state index in [9.17, 15) is 18.4 Å². The molecule has 1 aliphatic heterocycles. The molecule has 3 heterocycles. The number of nitrogens with zero attached hydrogens (tertiary/aromatic N) is 2. The van der Waals surface area contributed by atoms with Crippen LogP contribution in [0.15, 0.2) is 42.6 Å². The van der Waals surface area contributed by atoms with Gasteiger partial charge in [-0.05, 0) is 54.2 Å². The number of amides is 2. The molecule has 6 nitrogen and oxygen atoms in total. The topological polar surface area (TPSA) is 78.1 Å². The van der Waals surface area contributed by atoms with Crippen molar-refractivity contribution >= 4 is 22.8 Å². The number of rotatable bonds is 5. The van der Waals surface area contributed by atoms with Gasteiger partial charge in [-0.2, -0.15) is 0 Å². The third-order valence-electron chi connectivity index (χ3n) is 5.52. The summed E-state index contributed by atoms with van der Waals surface area (Å²) in [5, 5.41) is 3.34. The van der Waals surface area contributed by atoms with Crippen LogP contribution in [0.5, 0.6) is 0 Å². The van der Waals surface area contributed by atoms with Crippen LogP contribution in [0.3, 0.4) is 0 Å². The average molecular weight is 412 g/mol. The highest BCUT2D eigenvalue weighted by Crippen LogP contribution is 2.31. The van der Waals surface area contributed by atoms with Gasteiger partial charge in [-0.3, -0.25) is 9.59 Å². The van der Waals surface area contributed by atoms with Crippen molar-refractivity contribution in [3.05, 3.63) is 65.2 Å². The quantitative estimate of drug-likeness (QED) is 0.675. The zero-order valence-corrected chi connectivity index (χ0v) is 16.3. The molecule has 2 aromatic heterocycles. The minimum absolute atomic E-state index is 0.0183. The molecule has 0 radical (unpaired) electrons. The van der Waals surface area contributed by atoms with Gasteiger partial charge in [-0.25, -0.2) is 13.8 Å². The maximum atomic E-state index is 14.4. The third kappa shape index (κ3) is 4.17. The summed E-state index contributed by atoms with van der Waals surface area (Å²) in [5.74, 6) is -1.10. The lowest BCUT2D eigenvalue weighted by atomic mass is 9.88. The van der Waals surface area contributed by atoms with Crippen molar-refractivity contribution in [1.29, 1.82) is 0 Å². The summed E-state index contributed by atoms with van der Waals surface area (Å²) in [7, 11) is 0. The molecule has 3 aromatic rings. The first-order valence-corrected chi connectivity index (χ1v) is 9.89. The van der Waals surface area contributed by atoms with Crippen LogP contribution in [-0.4, -0.2) is 46.4 Å². The molecule has 1 saturated heterocycles. The van der Waals surface area contributed by atoms with E-state index in [0.717, 1.165) is 10.9 Å². The second-order valence-electron chi connectivity index (χ2n) is 7.46. The van der Waals surface area contributed by atoms with Crippen molar-refractivity contribution in [2.75, 3.05) is 19.8 Å². The molecule has 0 aliphatic carbocycles. The smallest absolute Gasteiger partial charge is 0.270 e. The monoisotopic (exact) mass is 412 g/mol. The van der Waals surface area contributed by atoms with Crippen LogP contribution >= 0.6 is 0 Å². The maximum Gasteiger partial charge on any atom is 0.270 e. The van der Waals surface area contributed by atoms with Crippen LogP contribution in [0.1, 0.15) is 40.4 Å². The third-order valence-corrected chi connectivity index (χ3v) is 5.52. The average Bonchev–Trinajstić information content (AvgIpc) is 3.22. The largest absolute Gasteiger partial charge is 0.350 e. The molecule has 8 heteroatoms. The fourth-order valence-electron chi connectivity index (χ4n) is 3.90. The standard InChI is InChI=1S/C22H22F2N4O2/c23-12-20(29)26-13-14-3-4-18(24)17(10-14)15-5-8-28(9-6-15)22(30)19-11-16-2-1-7-25-21(16)27-19/h1-4,7,10-11,15H,5-6,8-9,12-13H2,(H,25,27)(H,26,29). The fourth-order valence-corrected chi connectivity index (χ4v) is 3.90. The first-order chi connectivity index (χ1) is 14.5. The Labute approximate surface area is 172 Å². The minimum Gasteiger partial charge on any atom is -0.350 e. The van der Waals surface area contributed by atoms with Crippen LogP contribution in [0, 0.1) is 5.82 Å². The Balaban J connectivity index is 1.41. The van der Waals surface area contributed by atoms with Gasteiger partial charge in [-0.15, -0.1) is 0 Å². The highest BCUT2D eigenvalue weighted by molar-refractivity contribution is 5.97. The lowest BCUT2D eigenvalue weighted by Crippen LogP contribution is -2.38. The molecule has 1 aliphatic rings. The molecule has 1 fully saturated rings. The Morgan fingerprint density at radius 2 is 2.00 bits per heavy atom. The number of carbonyl (C=O) groups excluding carboxylic acids is 2. The van der Waals surface area contributed by atoms with Crippen LogP contribution in [0.4, 0.5) is 8.78 Å². The maximum absolute atomic E-state index is 14.4. The fraction of sp³-hybridized carbons (Fsp3) is 0.318. The Hall–Kier alpha value is -3.29. The van der Waals surface area contributed by atoms with Crippen molar-refractivity contribution < 1.29 is 18.4 Å². The van der Waals surface area contributed by atoms with Crippen molar-refractivity contribution in [1.82, 2.24) is 20.2 Å². The van der Waals surface area contributed by atoms with Crippen LogP contribution in [0.2, 0.25) is 0 Å². The first-order valence-electron chi connectivity index (χ1n) is 9.89.